The average molecular weight is 308 g/mol. The Labute approximate surface area is 131 Å². The maximum atomic E-state index is 12.0. The molecule has 1 unspecified atom stereocenters. The highest BCUT2D eigenvalue weighted by Crippen LogP contribution is 2.38. The van der Waals surface area contributed by atoms with Gasteiger partial charge >= 0.3 is 0 Å². The van der Waals surface area contributed by atoms with Crippen molar-refractivity contribution in [3.05, 3.63) is 17.7 Å². The Morgan fingerprint density at radius 2 is 1.91 bits per heavy atom. The number of rotatable bonds is 7. The standard InChI is InChI=1S/C16H24N2O4/c1-20-13-6-12(7-14(21-2)16(13)22-3)10-18-15(19)8-11-4-5-17-9-11/h6-7,11,17H,4-5,8-10H2,1-3H3,(H,18,19). The van der Waals surface area contributed by atoms with Crippen molar-refractivity contribution in [2.45, 2.75) is 19.4 Å². The van der Waals surface area contributed by atoms with Crippen LogP contribution in [0.15, 0.2) is 12.1 Å². The normalized spacial score (nSPS) is 17.1. The van der Waals surface area contributed by atoms with Crippen molar-refractivity contribution in [1.82, 2.24) is 10.6 Å². The second-order valence-electron chi connectivity index (χ2n) is 5.37. The van der Waals surface area contributed by atoms with Crippen LogP contribution in [0.5, 0.6) is 17.2 Å². The first-order valence-corrected chi connectivity index (χ1v) is 7.44. The first-order valence-electron chi connectivity index (χ1n) is 7.44. The van der Waals surface area contributed by atoms with E-state index in [4.69, 9.17) is 14.2 Å². The zero-order valence-corrected chi connectivity index (χ0v) is 13.4. The molecule has 1 saturated heterocycles. The molecule has 1 aromatic rings. The van der Waals surface area contributed by atoms with E-state index in [0.29, 0.717) is 36.1 Å². The van der Waals surface area contributed by atoms with Crippen LogP contribution in [-0.4, -0.2) is 40.3 Å². The molecule has 1 aliphatic heterocycles. The van der Waals surface area contributed by atoms with Gasteiger partial charge in [-0.05, 0) is 43.1 Å². The predicted molar refractivity (Wildman–Crippen MR) is 83.5 cm³/mol. The van der Waals surface area contributed by atoms with Crippen LogP contribution in [0.3, 0.4) is 0 Å². The van der Waals surface area contributed by atoms with E-state index in [9.17, 15) is 4.79 Å². The molecule has 6 heteroatoms. The van der Waals surface area contributed by atoms with Crippen LogP contribution in [-0.2, 0) is 11.3 Å². The average Bonchev–Trinajstić information content (AvgIpc) is 3.04. The van der Waals surface area contributed by atoms with E-state index in [1.807, 2.05) is 12.1 Å². The highest BCUT2D eigenvalue weighted by Gasteiger charge is 2.18. The lowest BCUT2D eigenvalue weighted by atomic mass is 10.0. The summed E-state index contributed by atoms with van der Waals surface area (Å²) in [6.45, 7) is 2.37. The largest absolute Gasteiger partial charge is 0.493 e. The number of hydrogen-bond donors (Lipinski definition) is 2. The quantitative estimate of drug-likeness (QED) is 0.795. The highest BCUT2D eigenvalue weighted by atomic mass is 16.5. The number of methoxy groups -OCH3 is 3. The second-order valence-corrected chi connectivity index (χ2v) is 5.37. The molecule has 0 saturated carbocycles. The summed E-state index contributed by atoms with van der Waals surface area (Å²) >= 11 is 0. The second kappa shape index (κ2) is 7.89. The summed E-state index contributed by atoms with van der Waals surface area (Å²) < 4.78 is 15.9. The Kier molecular flexibility index (Phi) is 5.89. The molecule has 2 rings (SSSR count). The van der Waals surface area contributed by atoms with Crippen molar-refractivity contribution in [1.29, 1.82) is 0 Å². The zero-order valence-electron chi connectivity index (χ0n) is 13.4. The molecule has 1 amide bonds. The van der Waals surface area contributed by atoms with E-state index in [1.165, 1.54) is 0 Å². The van der Waals surface area contributed by atoms with E-state index < -0.39 is 0 Å². The van der Waals surface area contributed by atoms with Crippen molar-refractivity contribution in [3.63, 3.8) is 0 Å². The molecule has 1 fully saturated rings. The number of benzene rings is 1. The van der Waals surface area contributed by atoms with Gasteiger partial charge < -0.3 is 24.8 Å². The van der Waals surface area contributed by atoms with E-state index in [0.717, 1.165) is 25.1 Å². The lowest BCUT2D eigenvalue weighted by Gasteiger charge is -2.15. The molecule has 122 valence electrons. The summed E-state index contributed by atoms with van der Waals surface area (Å²) in [5.74, 6) is 2.25. The minimum Gasteiger partial charge on any atom is -0.493 e. The third-order valence-corrected chi connectivity index (χ3v) is 3.85. The van der Waals surface area contributed by atoms with Crippen LogP contribution in [0.4, 0.5) is 0 Å². The summed E-state index contributed by atoms with van der Waals surface area (Å²) in [7, 11) is 4.72. The molecular weight excluding hydrogens is 284 g/mol. The van der Waals surface area contributed by atoms with Gasteiger partial charge in [-0.15, -0.1) is 0 Å². The zero-order chi connectivity index (χ0) is 15.9. The van der Waals surface area contributed by atoms with Crippen LogP contribution < -0.4 is 24.8 Å². The molecule has 1 aromatic carbocycles. The fourth-order valence-corrected chi connectivity index (χ4v) is 2.66. The van der Waals surface area contributed by atoms with E-state index in [-0.39, 0.29) is 5.91 Å². The summed E-state index contributed by atoms with van der Waals surface area (Å²) in [4.78, 5) is 12.0. The number of carbonyl (C=O) groups is 1. The lowest BCUT2D eigenvalue weighted by molar-refractivity contribution is -0.122. The van der Waals surface area contributed by atoms with Gasteiger partial charge in [-0.3, -0.25) is 4.79 Å². The molecule has 1 heterocycles. The topological polar surface area (TPSA) is 68.8 Å². The van der Waals surface area contributed by atoms with Gasteiger partial charge in [0.25, 0.3) is 0 Å². The Morgan fingerprint density at radius 1 is 1.23 bits per heavy atom. The molecule has 0 bridgehead atoms. The Balaban J connectivity index is 1.98. The Bertz CT molecular complexity index is 488. The molecule has 22 heavy (non-hydrogen) atoms. The number of hydrogen-bond acceptors (Lipinski definition) is 5. The monoisotopic (exact) mass is 308 g/mol. The van der Waals surface area contributed by atoms with Gasteiger partial charge in [0, 0.05) is 13.0 Å². The molecule has 1 atom stereocenters. The van der Waals surface area contributed by atoms with Gasteiger partial charge in [0.1, 0.15) is 0 Å². The first kappa shape index (κ1) is 16.4. The SMILES string of the molecule is COc1cc(CNC(=O)CC2CCNC2)cc(OC)c1OC. The fourth-order valence-electron chi connectivity index (χ4n) is 2.66. The molecule has 0 aromatic heterocycles. The molecule has 0 spiro atoms. The van der Waals surface area contributed by atoms with Crippen molar-refractivity contribution in [3.8, 4) is 17.2 Å². The van der Waals surface area contributed by atoms with E-state index >= 15 is 0 Å². The Hall–Kier alpha value is -1.95. The van der Waals surface area contributed by atoms with Crippen LogP contribution in [0.1, 0.15) is 18.4 Å². The molecule has 2 N–H and O–H groups in total. The molecule has 6 nitrogen and oxygen atoms in total. The third-order valence-electron chi connectivity index (χ3n) is 3.85. The third kappa shape index (κ3) is 4.04. The summed E-state index contributed by atoms with van der Waals surface area (Å²) in [5, 5.41) is 6.21. The fraction of sp³-hybridized carbons (Fsp3) is 0.562. The number of amides is 1. The smallest absolute Gasteiger partial charge is 0.220 e. The molecule has 0 radical (unpaired) electrons. The predicted octanol–water partition coefficient (Wildman–Crippen LogP) is 1.33. The van der Waals surface area contributed by atoms with Crippen LogP contribution in [0, 0.1) is 5.92 Å². The van der Waals surface area contributed by atoms with Crippen molar-refractivity contribution >= 4 is 5.91 Å². The van der Waals surface area contributed by atoms with Gasteiger partial charge in [-0.2, -0.15) is 0 Å². The van der Waals surface area contributed by atoms with Crippen LogP contribution in [0.25, 0.3) is 0 Å². The summed E-state index contributed by atoms with van der Waals surface area (Å²) in [6.07, 6.45) is 1.63. The number of nitrogens with one attached hydrogen (secondary N) is 2. The minimum absolute atomic E-state index is 0.0717. The summed E-state index contributed by atoms with van der Waals surface area (Å²) in [6, 6.07) is 3.69. The van der Waals surface area contributed by atoms with Gasteiger partial charge in [-0.25, -0.2) is 0 Å². The van der Waals surface area contributed by atoms with Crippen LogP contribution in [0.2, 0.25) is 0 Å². The van der Waals surface area contributed by atoms with E-state index in [1.54, 1.807) is 21.3 Å². The van der Waals surface area contributed by atoms with Crippen LogP contribution >= 0.6 is 0 Å². The number of ether oxygens (including phenoxy) is 3. The van der Waals surface area contributed by atoms with Crippen molar-refractivity contribution in [2.24, 2.45) is 5.92 Å². The molecule has 0 aliphatic carbocycles. The number of carbonyl (C=O) groups excluding carboxylic acids is 1. The Morgan fingerprint density at radius 3 is 2.41 bits per heavy atom. The summed E-state index contributed by atoms with van der Waals surface area (Å²) in [5.41, 5.74) is 0.910. The maximum absolute atomic E-state index is 12.0. The minimum atomic E-state index is 0.0717. The lowest BCUT2D eigenvalue weighted by Crippen LogP contribution is -2.25. The molecule has 1 aliphatic rings. The first-order chi connectivity index (χ1) is 10.7. The van der Waals surface area contributed by atoms with Gasteiger partial charge in [-0.1, -0.05) is 0 Å². The molecular formula is C16H24N2O4. The van der Waals surface area contributed by atoms with Crippen molar-refractivity contribution < 1.29 is 19.0 Å². The van der Waals surface area contributed by atoms with Crippen molar-refractivity contribution in [2.75, 3.05) is 34.4 Å². The highest BCUT2D eigenvalue weighted by molar-refractivity contribution is 5.76. The van der Waals surface area contributed by atoms with Gasteiger partial charge in [0.2, 0.25) is 11.7 Å². The van der Waals surface area contributed by atoms with Gasteiger partial charge in [0.15, 0.2) is 11.5 Å². The maximum Gasteiger partial charge on any atom is 0.220 e. The van der Waals surface area contributed by atoms with Gasteiger partial charge in [0.05, 0.1) is 21.3 Å². The van der Waals surface area contributed by atoms with E-state index in [2.05, 4.69) is 10.6 Å².